The van der Waals surface area contributed by atoms with Gasteiger partial charge in [0, 0.05) is 5.02 Å². The molecule has 20 heavy (non-hydrogen) atoms. The number of phenols is 1. The van der Waals surface area contributed by atoms with Gasteiger partial charge in [0.15, 0.2) is 0 Å². The standard InChI is InChI=1S/C14H9ClN2O3/c15-8-1-3-9(4-2-8)17-13(19)11-7-10(18)5-6-12(11)16-14(17)20/h1-7,18H,(H,16,20). The molecule has 2 aromatic carbocycles. The van der Waals surface area contributed by atoms with Crippen LogP contribution in [0.15, 0.2) is 52.1 Å². The van der Waals surface area contributed by atoms with Crippen LogP contribution in [0.3, 0.4) is 0 Å². The van der Waals surface area contributed by atoms with Gasteiger partial charge in [-0.1, -0.05) is 11.6 Å². The lowest BCUT2D eigenvalue weighted by Crippen LogP contribution is -2.33. The number of benzene rings is 2. The molecule has 1 aromatic heterocycles. The molecule has 0 fully saturated rings. The molecule has 0 atom stereocenters. The first-order chi connectivity index (χ1) is 9.56. The number of nitrogens with one attached hydrogen (secondary N) is 1. The average molecular weight is 289 g/mol. The van der Waals surface area contributed by atoms with E-state index in [-0.39, 0.29) is 11.1 Å². The quantitative estimate of drug-likeness (QED) is 0.719. The maximum Gasteiger partial charge on any atom is 0.333 e. The van der Waals surface area contributed by atoms with Crippen molar-refractivity contribution in [1.29, 1.82) is 0 Å². The third-order valence-corrected chi connectivity index (χ3v) is 3.22. The third-order valence-electron chi connectivity index (χ3n) is 2.97. The zero-order valence-electron chi connectivity index (χ0n) is 10.1. The first-order valence-electron chi connectivity index (χ1n) is 5.80. The summed E-state index contributed by atoms with van der Waals surface area (Å²) in [6.45, 7) is 0. The van der Waals surface area contributed by atoms with Gasteiger partial charge in [-0.25, -0.2) is 9.36 Å². The number of fused-ring (bicyclic) bond motifs is 1. The summed E-state index contributed by atoms with van der Waals surface area (Å²) in [6, 6.07) is 10.6. The number of aromatic hydroxyl groups is 1. The van der Waals surface area contributed by atoms with E-state index < -0.39 is 11.2 Å². The second-order valence-electron chi connectivity index (χ2n) is 4.28. The van der Waals surface area contributed by atoms with Crippen molar-refractivity contribution in [2.24, 2.45) is 0 Å². The predicted octanol–water partition coefficient (Wildman–Crippen LogP) is 2.04. The molecule has 5 nitrogen and oxygen atoms in total. The van der Waals surface area contributed by atoms with Gasteiger partial charge in [0.1, 0.15) is 5.75 Å². The van der Waals surface area contributed by atoms with Crippen molar-refractivity contribution in [2.45, 2.75) is 0 Å². The minimum absolute atomic E-state index is 0.0377. The molecule has 3 aromatic rings. The van der Waals surface area contributed by atoms with Gasteiger partial charge >= 0.3 is 5.69 Å². The highest BCUT2D eigenvalue weighted by atomic mass is 35.5. The first-order valence-corrected chi connectivity index (χ1v) is 6.18. The van der Waals surface area contributed by atoms with Crippen molar-refractivity contribution < 1.29 is 5.11 Å². The van der Waals surface area contributed by atoms with Gasteiger partial charge < -0.3 is 10.1 Å². The second kappa shape index (κ2) is 4.54. The normalized spacial score (nSPS) is 10.8. The highest BCUT2D eigenvalue weighted by molar-refractivity contribution is 6.30. The number of aromatic amines is 1. The van der Waals surface area contributed by atoms with Gasteiger partial charge in [0.25, 0.3) is 5.56 Å². The summed E-state index contributed by atoms with van der Waals surface area (Å²) in [4.78, 5) is 27.0. The molecule has 0 bridgehead atoms. The van der Waals surface area contributed by atoms with Crippen LogP contribution >= 0.6 is 11.6 Å². The molecular weight excluding hydrogens is 280 g/mol. The van der Waals surface area contributed by atoms with Crippen LogP contribution in [0.1, 0.15) is 0 Å². The number of rotatable bonds is 1. The number of hydrogen-bond acceptors (Lipinski definition) is 3. The Balaban J connectivity index is 2.39. The van der Waals surface area contributed by atoms with E-state index in [2.05, 4.69) is 4.98 Å². The van der Waals surface area contributed by atoms with Crippen molar-refractivity contribution >= 4 is 22.5 Å². The van der Waals surface area contributed by atoms with Gasteiger partial charge in [-0.2, -0.15) is 0 Å². The van der Waals surface area contributed by atoms with Crippen LogP contribution in [0, 0.1) is 0 Å². The van der Waals surface area contributed by atoms with Crippen molar-refractivity contribution in [3.05, 3.63) is 68.3 Å². The Labute approximate surface area is 117 Å². The Hall–Kier alpha value is -2.53. The van der Waals surface area contributed by atoms with Gasteiger partial charge in [0.05, 0.1) is 16.6 Å². The second-order valence-corrected chi connectivity index (χ2v) is 4.71. The summed E-state index contributed by atoms with van der Waals surface area (Å²) in [5, 5.41) is 10.2. The lowest BCUT2D eigenvalue weighted by atomic mass is 10.2. The number of nitrogens with zero attached hydrogens (tertiary/aromatic N) is 1. The summed E-state index contributed by atoms with van der Waals surface area (Å²) in [5.74, 6) is -0.0377. The van der Waals surface area contributed by atoms with E-state index in [0.717, 1.165) is 4.57 Å². The van der Waals surface area contributed by atoms with E-state index in [9.17, 15) is 14.7 Å². The van der Waals surface area contributed by atoms with Crippen LogP contribution in [0.5, 0.6) is 5.75 Å². The number of halogens is 1. The van der Waals surface area contributed by atoms with E-state index in [0.29, 0.717) is 16.2 Å². The van der Waals surface area contributed by atoms with Gasteiger partial charge in [-0.15, -0.1) is 0 Å². The molecule has 0 saturated heterocycles. The number of hydrogen-bond donors (Lipinski definition) is 2. The smallest absolute Gasteiger partial charge is 0.333 e. The van der Waals surface area contributed by atoms with Crippen molar-refractivity contribution in [3.63, 3.8) is 0 Å². The zero-order chi connectivity index (χ0) is 14.3. The van der Waals surface area contributed by atoms with Crippen LogP contribution in [0.25, 0.3) is 16.6 Å². The molecule has 0 unspecified atom stereocenters. The minimum atomic E-state index is -0.546. The maximum atomic E-state index is 12.4. The SMILES string of the molecule is O=c1[nH]c2ccc(O)cc2c(=O)n1-c1ccc(Cl)cc1. The molecule has 6 heteroatoms. The molecule has 100 valence electrons. The van der Waals surface area contributed by atoms with Crippen molar-refractivity contribution in [1.82, 2.24) is 9.55 Å². The molecule has 0 saturated carbocycles. The monoisotopic (exact) mass is 288 g/mol. The molecule has 1 heterocycles. The molecule has 0 aliphatic carbocycles. The topological polar surface area (TPSA) is 75.1 Å². The Morgan fingerprint density at radius 1 is 1.05 bits per heavy atom. The Bertz CT molecular complexity index is 910. The Kier molecular flexibility index (Phi) is 2.84. The molecule has 0 aliphatic heterocycles. The van der Waals surface area contributed by atoms with E-state index in [1.807, 2.05) is 0 Å². The molecular formula is C14H9ClN2O3. The van der Waals surface area contributed by atoms with Crippen molar-refractivity contribution in [2.75, 3.05) is 0 Å². The van der Waals surface area contributed by atoms with E-state index in [1.165, 1.54) is 18.2 Å². The summed E-state index contributed by atoms with van der Waals surface area (Å²) in [6.07, 6.45) is 0. The molecule has 2 N–H and O–H groups in total. The van der Waals surface area contributed by atoms with Gasteiger partial charge in [-0.3, -0.25) is 4.79 Å². The highest BCUT2D eigenvalue weighted by Crippen LogP contribution is 2.15. The fourth-order valence-corrected chi connectivity index (χ4v) is 2.15. The van der Waals surface area contributed by atoms with E-state index in [1.54, 1.807) is 24.3 Å². The average Bonchev–Trinajstić information content (AvgIpc) is 2.42. The largest absolute Gasteiger partial charge is 0.508 e. The molecule has 0 aliphatic rings. The van der Waals surface area contributed by atoms with Crippen molar-refractivity contribution in [3.8, 4) is 11.4 Å². The molecule has 0 spiro atoms. The Morgan fingerprint density at radius 3 is 2.45 bits per heavy atom. The number of aromatic nitrogens is 2. The maximum absolute atomic E-state index is 12.4. The van der Waals surface area contributed by atoms with E-state index in [4.69, 9.17) is 11.6 Å². The zero-order valence-corrected chi connectivity index (χ0v) is 10.9. The van der Waals surface area contributed by atoms with Crippen LogP contribution in [-0.4, -0.2) is 14.7 Å². The fourth-order valence-electron chi connectivity index (χ4n) is 2.03. The fraction of sp³-hybridized carbons (Fsp3) is 0. The third kappa shape index (κ3) is 1.98. The van der Waals surface area contributed by atoms with Crippen LogP contribution < -0.4 is 11.2 Å². The van der Waals surface area contributed by atoms with Crippen LogP contribution in [0.2, 0.25) is 5.02 Å². The first kappa shape index (κ1) is 12.5. The predicted molar refractivity (Wildman–Crippen MR) is 76.8 cm³/mol. The summed E-state index contributed by atoms with van der Waals surface area (Å²) in [5.41, 5.74) is -0.258. The van der Waals surface area contributed by atoms with Crippen LogP contribution in [-0.2, 0) is 0 Å². The highest BCUT2D eigenvalue weighted by Gasteiger charge is 2.09. The molecule has 0 amide bonds. The number of H-pyrrole nitrogens is 1. The summed E-state index contributed by atoms with van der Waals surface area (Å²) in [7, 11) is 0. The van der Waals surface area contributed by atoms with Crippen LogP contribution in [0.4, 0.5) is 0 Å². The molecule has 3 rings (SSSR count). The summed E-state index contributed by atoms with van der Waals surface area (Å²) >= 11 is 5.79. The number of phenolic OH excluding ortho intramolecular Hbond substituents is 1. The Morgan fingerprint density at radius 2 is 1.75 bits per heavy atom. The molecule has 0 radical (unpaired) electrons. The van der Waals surface area contributed by atoms with Gasteiger partial charge in [-0.05, 0) is 42.5 Å². The summed E-state index contributed by atoms with van der Waals surface area (Å²) < 4.78 is 0.998. The van der Waals surface area contributed by atoms with Gasteiger partial charge in [0.2, 0.25) is 0 Å². The van der Waals surface area contributed by atoms with E-state index >= 15 is 0 Å². The minimum Gasteiger partial charge on any atom is -0.508 e. The lowest BCUT2D eigenvalue weighted by Gasteiger charge is -2.06. The lowest BCUT2D eigenvalue weighted by molar-refractivity contribution is 0.476.